The van der Waals surface area contributed by atoms with Gasteiger partial charge >= 0.3 is 0 Å². The van der Waals surface area contributed by atoms with Crippen molar-refractivity contribution in [2.24, 2.45) is 0 Å². The summed E-state index contributed by atoms with van der Waals surface area (Å²) in [5, 5.41) is 0. The Hall–Kier alpha value is -0.130. The molecule has 1 saturated heterocycles. The summed E-state index contributed by atoms with van der Waals surface area (Å²) < 4.78 is 24.6. The largest absolute Gasteiger partial charge is 0.299 e. The Kier molecular flexibility index (Phi) is 2.33. The van der Waals surface area contributed by atoms with Gasteiger partial charge in [0.15, 0.2) is 0 Å². The average molecular weight is 204 g/mol. The molecule has 2 aliphatic rings. The predicted octanol–water partition coefficient (Wildman–Crippen LogP) is -0.228. The second kappa shape index (κ2) is 3.22. The quantitative estimate of drug-likeness (QED) is 0.691. The van der Waals surface area contributed by atoms with E-state index in [0.717, 1.165) is 25.6 Å². The molecule has 0 spiro atoms. The van der Waals surface area contributed by atoms with Crippen LogP contribution in [0.5, 0.6) is 0 Å². The van der Waals surface area contributed by atoms with Crippen LogP contribution < -0.4 is 4.72 Å². The van der Waals surface area contributed by atoms with Crippen LogP contribution in [-0.4, -0.2) is 44.7 Å². The van der Waals surface area contributed by atoms with E-state index in [4.69, 9.17) is 0 Å². The normalized spacial score (nSPS) is 31.0. The van der Waals surface area contributed by atoms with Crippen LogP contribution in [0.2, 0.25) is 0 Å². The fourth-order valence-electron chi connectivity index (χ4n) is 1.96. The zero-order valence-corrected chi connectivity index (χ0v) is 8.68. The van der Waals surface area contributed by atoms with Gasteiger partial charge in [0.1, 0.15) is 0 Å². The van der Waals surface area contributed by atoms with Gasteiger partial charge < -0.3 is 0 Å². The van der Waals surface area contributed by atoms with Crippen LogP contribution in [0.1, 0.15) is 19.3 Å². The summed E-state index contributed by atoms with van der Waals surface area (Å²) >= 11 is 0. The molecule has 0 aromatic rings. The maximum absolute atomic E-state index is 10.9. The SMILES string of the molecule is CS(=O)(=O)NC1CCN(C2CC2)C1. The summed E-state index contributed by atoms with van der Waals surface area (Å²) in [4.78, 5) is 2.39. The van der Waals surface area contributed by atoms with Gasteiger partial charge in [-0.2, -0.15) is 0 Å². The summed E-state index contributed by atoms with van der Waals surface area (Å²) in [6.45, 7) is 1.95. The highest BCUT2D eigenvalue weighted by molar-refractivity contribution is 7.88. The number of nitrogens with zero attached hydrogens (tertiary/aromatic N) is 1. The van der Waals surface area contributed by atoms with Crippen LogP contribution in [0, 0.1) is 0 Å². The second-order valence-electron chi connectivity index (χ2n) is 4.10. The predicted molar refractivity (Wildman–Crippen MR) is 51.0 cm³/mol. The lowest BCUT2D eigenvalue weighted by Gasteiger charge is -2.14. The Morgan fingerprint density at radius 2 is 2.00 bits per heavy atom. The molecule has 0 radical (unpaired) electrons. The van der Waals surface area contributed by atoms with E-state index in [0.29, 0.717) is 0 Å². The van der Waals surface area contributed by atoms with Crippen LogP contribution >= 0.6 is 0 Å². The van der Waals surface area contributed by atoms with Gasteiger partial charge in [-0.15, -0.1) is 0 Å². The molecule has 76 valence electrons. The molecule has 1 aliphatic heterocycles. The molecule has 1 N–H and O–H groups in total. The van der Waals surface area contributed by atoms with Crippen molar-refractivity contribution >= 4 is 10.0 Å². The Morgan fingerprint density at radius 3 is 2.54 bits per heavy atom. The summed E-state index contributed by atoms with van der Waals surface area (Å²) in [5.41, 5.74) is 0. The highest BCUT2D eigenvalue weighted by atomic mass is 32.2. The molecule has 1 unspecified atom stereocenters. The molecule has 13 heavy (non-hydrogen) atoms. The van der Waals surface area contributed by atoms with E-state index in [2.05, 4.69) is 9.62 Å². The number of rotatable bonds is 3. The molecule has 0 aromatic carbocycles. The molecule has 1 saturated carbocycles. The van der Waals surface area contributed by atoms with Crippen molar-refractivity contribution in [3.05, 3.63) is 0 Å². The third-order valence-electron chi connectivity index (χ3n) is 2.66. The van der Waals surface area contributed by atoms with Crippen LogP contribution in [0.3, 0.4) is 0 Å². The first kappa shape index (κ1) is 9.43. The van der Waals surface area contributed by atoms with Crippen LogP contribution in [0.4, 0.5) is 0 Å². The summed E-state index contributed by atoms with van der Waals surface area (Å²) in [5.74, 6) is 0. The molecule has 0 aromatic heterocycles. The lowest BCUT2D eigenvalue weighted by atomic mass is 10.3. The van der Waals surface area contributed by atoms with E-state index in [1.54, 1.807) is 0 Å². The lowest BCUT2D eigenvalue weighted by Crippen LogP contribution is -2.36. The van der Waals surface area contributed by atoms with Crippen LogP contribution in [0.15, 0.2) is 0 Å². The summed E-state index contributed by atoms with van der Waals surface area (Å²) in [6, 6.07) is 0.905. The van der Waals surface area contributed by atoms with Gasteiger partial charge in [0.25, 0.3) is 0 Å². The van der Waals surface area contributed by atoms with Crippen molar-refractivity contribution in [3.8, 4) is 0 Å². The molecule has 4 nitrogen and oxygen atoms in total. The van der Waals surface area contributed by atoms with Gasteiger partial charge in [-0.1, -0.05) is 0 Å². The maximum atomic E-state index is 10.9. The van der Waals surface area contributed by atoms with E-state index in [9.17, 15) is 8.42 Å². The molecule has 0 bridgehead atoms. The third kappa shape index (κ3) is 2.65. The second-order valence-corrected chi connectivity index (χ2v) is 5.88. The molecular weight excluding hydrogens is 188 g/mol. The molecule has 2 rings (SSSR count). The minimum atomic E-state index is -3.01. The topological polar surface area (TPSA) is 49.4 Å². The fraction of sp³-hybridized carbons (Fsp3) is 1.00. The Labute approximate surface area is 79.4 Å². The zero-order valence-electron chi connectivity index (χ0n) is 7.86. The van der Waals surface area contributed by atoms with Crippen molar-refractivity contribution in [2.45, 2.75) is 31.3 Å². The smallest absolute Gasteiger partial charge is 0.208 e. The van der Waals surface area contributed by atoms with E-state index < -0.39 is 10.0 Å². The maximum Gasteiger partial charge on any atom is 0.208 e. The molecule has 1 atom stereocenters. The van der Waals surface area contributed by atoms with Gasteiger partial charge in [0.2, 0.25) is 10.0 Å². The number of hydrogen-bond donors (Lipinski definition) is 1. The van der Waals surface area contributed by atoms with Crippen molar-refractivity contribution in [3.63, 3.8) is 0 Å². The van der Waals surface area contributed by atoms with Crippen molar-refractivity contribution < 1.29 is 8.42 Å². The average Bonchev–Trinajstić information content (AvgIpc) is 2.72. The van der Waals surface area contributed by atoms with Crippen molar-refractivity contribution in [1.29, 1.82) is 0 Å². The molecule has 1 heterocycles. The first-order valence-corrected chi connectivity index (χ1v) is 6.65. The standard InChI is InChI=1S/C8H16N2O2S/c1-13(11,12)9-7-4-5-10(6-7)8-2-3-8/h7-9H,2-6H2,1H3. The van der Waals surface area contributed by atoms with Gasteiger partial charge in [-0.25, -0.2) is 13.1 Å². The van der Waals surface area contributed by atoms with Gasteiger partial charge in [-0.3, -0.25) is 4.90 Å². The van der Waals surface area contributed by atoms with E-state index in [1.807, 2.05) is 0 Å². The highest BCUT2D eigenvalue weighted by Gasteiger charge is 2.34. The van der Waals surface area contributed by atoms with Gasteiger partial charge in [-0.05, 0) is 19.3 Å². The van der Waals surface area contributed by atoms with Crippen molar-refractivity contribution in [1.82, 2.24) is 9.62 Å². The number of sulfonamides is 1. The van der Waals surface area contributed by atoms with Crippen molar-refractivity contribution in [2.75, 3.05) is 19.3 Å². The highest BCUT2D eigenvalue weighted by Crippen LogP contribution is 2.29. The lowest BCUT2D eigenvalue weighted by molar-refractivity contribution is 0.322. The molecule has 1 aliphatic carbocycles. The number of hydrogen-bond acceptors (Lipinski definition) is 3. The first-order chi connectivity index (χ1) is 6.04. The molecule has 0 amide bonds. The number of nitrogens with one attached hydrogen (secondary N) is 1. The minimum Gasteiger partial charge on any atom is -0.299 e. The Morgan fingerprint density at radius 1 is 1.31 bits per heavy atom. The minimum absolute atomic E-state index is 0.149. The number of likely N-dealkylation sites (tertiary alicyclic amines) is 1. The van der Waals surface area contributed by atoms with Crippen LogP contribution in [-0.2, 0) is 10.0 Å². The third-order valence-corrected chi connectivity index (χ3v) is 3.43. The Bertz CT molecular complexity index is 285. The van der Waals surface area contributed by atoms with Gasteiger partial charge in [0.05, 0.1) is 6.26 Å². The first-order valence-electron chi connectivity index (χ1n) is 4.76. The molecule has 2 fully saturated rings. The zero-order chi connectivity index (χ0) is 9.47. The molecule has 5 heteroatoms. The van der Waals surface area contributed by atoms with Crippen LogP contribution in [0.25, 0.3) is 0 Å². The van der Waals surface area contributed by atoms with E-state index in [-0.39, 0.29) is 6.04 Å². The van der Waals surface area contributed by atoms with E-state index >= 15 is 0 Å². The summed E-state index contributed by atoms with van der Waals surface area (Å²) in [7, 11) is -3.01. The van der Waals surface area contributed by atoms with E-state index in [1.165, 1.54) is 19.1 Å². The fourth-order valence-corrected chi connectivity index (χ4v) is 2.76. The van der Waals surface area contributed by atoms with Gasteiger partial charge in [0, 0.05) is 25.2 Å². The monoisotopic (exact) mass is 204 g/mol. The Balaban J connectivity index is 1.84. The molecular formula is C8H16N2O2S. The summed E-state index contributed by atoms with van der Waals surface area (Å²) in [6.07, 6.45) is 4.79.